The van der Waals surface area contributed by atoms with Crippen molar-refractivity contribution in [2.24, 2.45) is 46.3 Å². The van der Waals surface area contributed by atoms with Gasteiger partial charge < -0.3 is 14.9 Å². The van der Waals surface area contributed by atoms with Crippen molar-refractivity contribution in [3.63, 3.8) is 0 Å². The highest BCUT2D eigenvalue weighted by Gasteiger charge is 2.64. The summed E-state index contributed by atoms with van der Waals surface area (Å²) < 4.78 is 73.3. The number of carbonyl (C=O) groups is 2. The zero-order valence-corrected chi connectivity index (χ0v) is 25.7. The van der Waals surface area contributed by atoms with Crippen molar-refractivity contribution in [1.82, 2.24) is 0 Å². The summed E-state index contributed by atoms with van der Waals surface area (Å²) in [6.45, 7) is 7.70. The SMILES string of the molecule is CC(=O)O[C@@H]1C[C@@H]2CC(O)(c3ccc(C(F)(F)F)cc3)CC[C@]2(C)[C@H]2CC[C@]3(C)[C@@H](C(C)C=CC(F)(F)C(=O)O)CC[C@H]3[C@H]12. The minimum absolute atomic E-state index is 0.0178. The number of carboxylic acid groups (broad SMARTS) is 1. The molecule has 244 valence electrons. The Kier molecular flexibility index (Phi) is 8.29. The number of rotatable bonds is 6. The van der Waals surface area contributed by atoms with Crippen LogP contribution in [0.1, 0.15) is 90.2 Å². The van der Waals surface area contributed by atoms with Crippen molar-refractivity contribution < 1.29 is 46.5 Å². The van der Waals surface area contributed by atoms with E-state index in [0.29, 0.717) is 37.3 Å². The Labute approximate surface area is 255 Å². The lowest BCUT2D eigenvalue weighted by Gasteiger charge is -2.63. The smallest absolute Gasteiger partial charge is 0.416 e. The van der Waals surface area contributed by atoms with Crippen LogP contribution in [-0.2, 0) is 26.1 Å². The molecule has 4 fully saturated rings. The minimum atomic E-state index is -4.46. The molecule has 4 aliphatic carbocycles. The van der Waals surface area contributed by atoms with Crippen LogP contribution in [0.15, 0.2) is 36.4 Å². The van der Waals surface area contributed by atoms with Gasteiger partial charge in [-0.3, -0.25) is 4.79 Å². The van der Waals surface area contributed by atoms with E-state index in [0.717, 1.165) is 37.8 Å². The molecule has 2 unspecified atom stereocenters. The molecule has 0 bridgehead atoms. The number of aliphatic carboxylic acids is 1. The highest BCUT2D eigenvalue weighted by Crippen LogP contribution is 2.69. The summed E-state index contributed by atoms with van der Waals surface area (Å²) in [4.78, 5) is 23.3. The van der Waals surface area contributed by atoms with Crippen molar-refractivity contribution in [2.75, 3.05) is 0 Å². The first-order valence-corrected chi connectivity index (χ1v) is 15.7. The lowest BCUT2D eigenvalue weighted by molar-refractivity contribution is -0.204. The number of ether oxygens (including phenoxy) is 1. The van der Waals surface area contributed by atoms with Gasteiger partial charge in [0.15, 0.2) is 0 Å². The fourth-order valence-electron chi connectivity index (χ4n) is 10.1. The third-order valence-corrected chi connectivity index (χ3v) is 12.4. The van der Waals surface area contributed by atoms with Gasteiger partial charge in [0, 0.05) is 12.8 Å². The summed E-state index contributed by atoms with van der Waals surface area (Å²) in [5, 5.41) is 20.6. The second-order valence-electron chi connectivity index (χ2n) is 14.6. The van der Waals surface area contributed by atoms with Gasteiger partial charge in [0.1, 0.15) is 6.10 Å². The number of alkyl halides is 5. The monoisotopic (exact) mass is 626 g/mol. The molecule has 0 aliphatic heterocycles. The van der Waals surface area contributed by atoms with Crippen molar-refractivity contribution >= 4 is 11.9 Å². The van der Waals surface area contributed by atoms with Crippen LogP contribution < -0.4 is 0 Å². The average Bonchev–Trinajstić information content (AvgIpc) is 3.29. The Balaban J connectivity index is 1.41. The van der Waals surface area contributed by atoms with E-state index in [-0.39, 0.29) is 52.3 Å². The van der Waals surface area contributed by atoms with Gasteiger partial charge in [0.05, 0.1) is 11.2 Å². The molecule has 10 atom stereocenters. The number of halogens is 5. The van der Waals surface area contributed by atoms with Gasteiger partial charge in [0.2, 0.25) is 0 Å². The number of aliphatic hydroxyl groups is 1. The normalized spacial score (nSPS) is 39.7. The first kappa shape index (κ1) is 32.9. The molecule has 10 heteroatoms. The zero-order valence-electron chi connectivity index (χ0n) is 25.7. The molecule has 0 heterocycles. The van der Waals surface area contributed by atoms with E-state index >= 15 is 0 Å². The number of esters is 1. The lowest BCUT2D eigenvalue weighted by atomic mass is 9.42. The van der Waals surface area contributed by atoms with Gasteiger partial charge in [-0.25, -0.2) is 4.79 Å². The van der Waals surface area contributed by atoms with Crippen LogP contribution in [0, 0.1) is 46.3 Å². The first-order valence-electron chi connectivity index (χ1n) is 15.7. The summed E-state index contributed by atoms with van der Waals surface area (Å²) in [7, 11) is 0. The van der Waals surface area contributed by atoms with E-state index in [1.807, 2.05) is 6.92 Å². The van der Waals surface area contributed by atoms with Gasteiger partial charge >= 0.3 is 24.0 Å². The van der Waals surface area contributed by atoms with Crippen molar-refractivity contribution in [1.29, 1.82) is 0 Å². The van der Waals surface area contributed by atoms with Crippen LogP contribution in [0.5, 0.6) is 0 Å². The summed E-state index contributed by atoms with van der Waals surface area (Å²) in [6, 6.07) is 4.76. The summed E-state index contributed by atoms with van der Waals surface area (Å²) in [6.07, 6.45) is 2.33. The minimum Gasteiger partial charge on any atom is -0.477 e. The van der Waals surface area contributed by atoms with E-state index < -0.39 is 35.3 Å². The van der Waals surface area contributed by atoms with Crippen LogP contribution in [-0.4, -0.2) is 34.2 Å². The molecule has 0 amide bonds. The van der Waals surface area contributed by atoms with Gasteiger partial charge in [0.25, 0.3) is 0 Å². The van der Waals surface area contributed by atoms with Crippen LogP contribution in [0.2, 0.25) is 0 Å². The maximum absolute atomic E-state index is 13.8. The fraction of sp³-hybridized carbons (Fsp3) is 0.706. The number of benzene rings is 1. The Morgan fingerprint density at radius 1 is 0.977 bits per heavy atom. The van der Waals surface area contributed by atoms with Crippen LogP contribution in [0.3, 0.4) is 0 Å². The molecule has 4 aliphatic rings. The summed E-state index contributed by atoms with van der Waals surface area (Å²) >= 11 is 0. The highest BCUT2D eigenvalue weighted by molar-refractivity contribution is 5.77. The van der Waals surface area contributed by atoms with E-state index in [9.17, 15) is 36.6 Å². The average molecular weight is 627 g/mol. The van der Waals surface area contributed by atoms with Crippen LogP contribution in [0.4, 0.5) is 22.0 Å². The Bertz CT molecular complexity index is 1290. The first-order chi connectivity index (χ1) is 20.3. The summed E-state index contributed by atoms with van der Waals surface area (Å²) in [5.74, 6) is -6.28. The third kappa shape index (κ3) is 5.58. The second kappa shape index (κ2) is 11.1. The molecule has 0 aromatic heterocycles. The number of fused-ring (bicyclic) bond motifs is 5. The molecule has 5 rings (SSSR count). The largest absolute Gasteiger partial charge is 0.477 e. The molecule has 0 saturated heterocycles. The zero-order chi connectivity index (χ0) is 32.5. The summed E-state index contributed by atoms with van der Waals surface area (Å²) in [5.41, 5.74) is -1.97. The fourth-order valence-corrected chi connectivity index (χ4v) is 10.1. The number of carbonyl (C=O) groups excluding carboxylic acids is 1. The van der Waals surface area contributed by atoms with Gasteiger partial charge in [-0.1, -0.05) is 39.0 Å². The Morgan fingerprint density at radius 2 is 1.61 bits per heavy atom. The molecule has 4 saturated carbocycles. The maximum Gasteiger partial charge on any atom is 0.416 e. The molecule has 1 aromatic carbocycles. The number of allylic oxidation sites excluding steroid dienone is 1. The van der Waals surface area contributed by atoms with Crippen molar-refractivity contribution in [2.45, 2.75) is 103 Å². The van der Waals surface area contributed by atoms with E-state index in [1.54, 1.807) is 0 Å². The third-order valence-electron chi connectivity index (χ3n) is 12.4. The highest BCUT2D eigenvalue weighted by atomic mass is 19.4. The number of carboxylic acids is 1. The Hall–Kier alpha value is -2.49. The topological polar surface area (TPSA) is 83.8 Å². The lowest BCUT2D eigenvalue weighted by Crippen LogP contribution is -2.60. The van der Waals surface area contributed by atoms with Crippen LogP contribution in [0.25, 0.3) is 0 Å². The molecule has 5 nitrogen and oxygen atoms in total. The maximum atomic E-state index is 13.8. The van der Waals surface area contributed by atoms with Gasteiger partial charge in [-0.2, -0.15) is 22.0 Å². The predicted octanol–water partition coefficient (Wildman–Crippen LogP) is 8.01. The van der Waals surface area contributed by atoms with Crippen LogP contribution >= 0.6 is 0 Å². The van der Waals surface area contributed by atoms with Gasteiger partial charge in [-0.05, 0) is 116 Å². The van der Waals surface area contributed by atoms with Crippen molar-refractivity contribution in [3.05, 3.63) is 47.5 Å². The molecular weight excluding hydrogens is 583 g/mol. The van der Waals surface area contributed by atoms with E-state index in [2.05, 4.69) is 13.8 Å². The molecule has 0 radical (unpaired) electrons. The predicted molar refractivity (Wildman–Crippen MR) is 152 cm³/mol. The van der Waals surface area contributed by atoms with Gasteiger partial charge in [-0.15, -0.1) is 0 Å². The molecule has 2 N–H and O–H groups in total. The quantitative estimate of drug-likeness (QED) is 0.190. The number of hydrogen-bond donors (Lipinski definition) is 2. The molecular formula is C34H43F5O5. The van der Waals surface area contributed by atoms with Crippen molar-refractivity contribution in [3.8, 4) is 0 Å². The second-order valence-corrected chi connectivity index (χ2v) is 14.6. The molecule has 1 aromatic rings. The number of hydrogen-bond acceptors (Lipinski definition) is 4. The van der Waals surface area contributed by atoms with E-state index in [4.69, 9.17) is 9.84 Å². The molecule has 0 spiro atoms. The molecule has 44 heavy (non-hydrogen) atoms. The van der Waals surface area contributed by atoms with E-state index in [1.165, 1.54) is 25.1 Å². The Morgan fingerprint density at radius 3 is 2.20 bits per heavy atom. The standard InChI is InChI=1S/C34H43F5O5/c1-19(11-14-33(35,36)29(41)42)24-9-10-25-28-26(12-13-31(24,25)4)30(3)15-16-32(43,18-23(30)17-27(28)44-20(2)40)21-5-7-22(8-6-21)34(37,38)39/h5-8,11,14,19,23-28,43H,9-10,12-13,15-18H2,1-4H3,(H,41,42)/t19?,23-,24-,25+,26+,27-,28+,30+,31-,32?/m1/s1.